The van der Waals surface area contributed by atoms with E-state index >= 15 is 0 Å². The lowest BCUT2D eigenvalue weighted by Crippen LogP contribution is -2.42. The van der Waals surface area contributed by atoms with Crippen LogP contribution in [0.4, 0.5) is 4.39 Å². The van der Waals surface area contributed by atoms with Crippen LogP contribution >= 0.6 is 10.7 Å². The average molecular weight is 320 g/mol. The zero-order chi connectivity index (χ0) is 14.9. The molecule has 1 heterocycles. The Kier molecular flexibility index (Phi) is 4.34. The molecule has 0 bridgehead atoms. The standard InChI is InChI=1S/C13H15ClFNO3S/c1-9-4-2-3-5-16(9)13(17)10-6-11(15)8-12(7-10)20(14,18)19/h6-9H,2-5H2,1H3. The quantitative estimate of drug-likeness (QED) is 0.788. The number of hydrogen-bond acceptors (Lipinski definition) is 3. The van der Waals surface area contributed by atoms with Gasteiger partial charge in [-0.2, -0.15) is 0 Å². The number of benzene rings is 1. The van der Waals surface area contributed by atoms with E-state index in [1.807, 2.05) is 6.92 Å². The first-order chi connectivity index (χ1) is 9.29. The molecule has 1 atom stereocenters. The minimum absolute atomic E-state index is 0.0120. The Morgan fingerprint density at radius 1 is 1.35 bits per heavy atom. The minimum Gasteiger partial charge on any atom is -0.336 e. The molecule has 0 radical (unpaired) electrons. The summed E-state index contributed by atoms with van der Waals surface area (Å²) in [6.45, 7) is 2.52. The van der Waals surface area contributed by atoms with Gasteiger partial charge in [0, 0.05) is 28.8 Å². The second-order valence-corrected chi connectivity index (χ2v) is 7.52. The number of halogens is 2. The Labute approximate surface area is 121 Å². The molecule has 1 unspecified atom stereocenters. The highest BCUT2D eigenvalue weighted by atomic mass is 35.7. The van der Waals surface area contributed by atoms with Crippen LogP contribution in [-0.4, -0.2) is 31.8 Å². The predicted molar refractivity (Wildman–Crippen MR) is 73.8 cm³/mol. The summed E-state index contributed by atoms with van der Waals surface area (Å²) in [5.74, 6) is -1.15. The van der Waals surface area contributed by atoms with Crippen molar-refractivity contribution in [2.24, 2.45) is 0 Å². The van der Waals surface area contributed by atoms with Crippen molar-refractivity contribution in [3.63, 3.8) is 0 Å². The van der Waals surface area contributed by atoms with Crippen molar-refractivity contribution in [3.05, 3.63) is 29.6 Å². The first-order valence-corrected chi connectivity index (χ1v) is 8.66. The summed E-state index contributed by atoms with van der Waals surface area (Å²) in [7, 11) is 1.14. The lowest BCUT2D eigenvalue weighted by atomic mass is 10.0. The van der Waals surface area contributed by atoms with E-state index in [4.69, 9.17) is 10.7 Å². The Balaban J connectivity index is 2.37. The van der Waals surface area contributed by atoms with Gasteiger partial charge in [0.05, 0.1) is 4.90 Å². The fourth-order valence-corrected chi connectivity index (χ4v) is 3.18. The first-order valence-electron chi connectivity index (χ1n) is 6.35. The smallest absolute Gasteiger partial charge is 0.261 e. The van der Waals surface area contributed by atoms with Crippen LogP contribution in [0.5, 0.6) is 0 Å². The molecule has 2 rings (SSSR count). The summed E-state index contributed by atoms with van der Waals surface area (Å²) in [6.07, 6.45) is 2.84. The van der Waals surface area contributed by atoms with Crippen LogP contribution < -0.4 is 0 Å². The summed E-state index contributed by atoms with van der Waals surface area (Å²) in [6, 6.07) is 3.03. The Morgan fingerprint density at radius 3 is 2.65 bits per heavy atom. The number of likely N-dealkylation sites (tertiary alicyclic amines) is 1. The third kappa shape index (κ3) is 3.30. The SMILES string of the molecule is CC1CCCCN1C(=O)c1cc(F)cc(S(=O)(=O)Cl)c1. The van der Waals surface area contributed by atoms with Gasteiger partial charge in [-0.3, -0.25) is 4.79 Å². The lowest BCUT2D eigenvalue weighted by molar-refractivity contribution is 0.0635. The number of piperidine rings is 1. The van der Waals surface area contributed by atoms with E-state index in [0.29, 0.717) is 6.54 Å². The van der Waals surface area contributed by atoms with E-state index in [1.165, 1.54) is 0 Å². The summed E-state index contributed by atoms with van der Waals surface area (Å²) in [5.41, 5.74) is 0.0120. The van der Waals surface area contributed by atoms with Crippen molar-refractivity contribution in [1.82, 2.24) is 4.90 Å². The summed E-state index contributed by atoms with van der Waals surface area (Å²) in [5, 5.41) is 0. The molecular formula is C13H15ClFNO3S. The largest absolute Gasteiger partial charge is 0.336 e. The number of hydrogen-bond donors (Lipinski definition) is 0. The van der Waals surface area contributed by atoms with Crippen LogP contribution in [0.25, 0.3) is 0 Å². The minimum atomic E-state index is -4.06. The molecule has 1 saturated heterocycles. The number of amides is 1. The molecule has 1 aliphatic rings. The van der Waals surface area contributed by atoms with Crippen molar-refractivity contribution in [3.8, 4) is 0 Å². The van der Waals surface area contributed by atoms with Gasteiger partial charge in [0.1, 0.15) is 5.82 Å². The van der Waals surface area contributed by atoms with Crippen molar-refractivity contribution in [1.29, 1.82) is 0 Å². The number of carbonyl (C=O) groups is 1. The highest BCUT2D eigenvalue weighted by molar-refractivity contribution is 8.13. The molecule has 20 heavy (non-hydrogen) atoms. The highest BCUT2D eigenvalue weighted by Crippen LogP contribution is 2.23. The molecular weight excluding hydrogens is 305 g/mol. The second-order valence-electron chi connectivity index (χ2n) is 4.96. The first kappa shape index (κ1) is 15.3. The molecule has 1 aromatic carbocycles. The summed E-state index contributed by atoms with van der Waals surface area (Å²) < 4.78 is 36.0. The van der Waals surface area contributed by atoms with Crippen molar-refractivity contribution in [2.45, 2.75) is 37.1 Å². The molecule has 0 aliphatic carbocycles. The molecule has 7 heteroatoms. The monoisotopic (exact) mass is 319 g/mol. The molecule has 1 amide bonds. The molecule has 1 aromatic rings. The third-order valence-corrected chi connectivity index (χ3v) is 4.80. The van der Waals surface area contributed by atoms with Crippen LogP contribution in [-0.2, 0) is 9.05 Å². The predicted octanol–water partition coefficient (Wildman–Crippen LogP) is 2.77. The van der Waals surface area contributed by atoms with E-state index in [1.54, 1.807) is 4.90 Å². The van der Waals surface area contributed by atoms with Gasteiger partial charge < -0.3 is 4.90 Å². The van der Waals surface area contributed by atoms with Crippen LogP contribution in [0.15, 0.2) is 23.1 Å². The molecule has 0 aromatic heterocycles. The Hall–Kier alpha value is -1.14. The van der Waals surface area contributed by atoms with E-state index in [2.05, 4.69) is 0 Å². The normalized spacial score (nSPS) is 19.9. The summed E-state index contributed by atoms with van der Waals surface area (Å²) >= 11 is 0. The molecule has 0 spiro atoms. The topological polar surface area (TPSA) is 54.5 Å². The van der Waals surface area contributed by atoms with E-state index in [-0.39, 0.29) is 17.5 Å². The molecule has 0 saturated carbocycles. The van der Waals surface area contributed by atoms with Gasteiger partial charge in [-0.05, 0) is 44.4 Å². The van der Waals surface area contributed by atoms with Crippen molar-refractivity contribution < 1.29 is 17.6 Å². The van der Waals surface area contributed by atoms with E-state index in [0.717, 1.165) is 37.5 Å². The maximum Gasteiger partial charge on any atom is 0.261 e. The third-order valence-electron chi connectivity index (χ3n) is 3.46. The van der Waals surface area contributed by atoms with Crippen LogP contribution in [0, 0.1) is 5.82 Å². The maximum absolute atomic E-state index is 13.5. The van der Waals surface area contributed by atoms with Crippen LogP contribution in [0.2, 0.25) is 0 Å². The zero-order valence-electron chi connectivity index (χ0n) is 11.0. The zero-order valence-corrected chi connectivity index (χ0v) is 12.5. The lowest BCUT2D eigenvalue weighted by Gasteiger charge is -2.33. The van der Waals surface area contributed by atoms with Gasteiger partial charge >= 0.3 is 0 Å². The number of carbonyl (C=O) groups excluding carboxylic acids is 1. The molecule has 1 aliphatic heterocycles. The van der Waals surface area contributed by atoms with Crippen molar-refractivity contribution in [2.75, 3.05) is 6.54 Å². The Morgan fingerprint density at radius 2 is 2.05 bits per heavy atom. The highest BCUT2D eigenvalue weighted by Gasteiger charge is 2.25. The molecule has 0 N–H and O–H groups in total. The average Bonchev–Trinajstić information content (AvgIpc) is 2.37. The molecule has 4 nitrogen and oxygen atoms in total. The van der Waals surface area contributed by atoms with Crippen molar-refractivity contribution >= 4 is 25.6 Å². The van der Waals surface area contributed by atoms with E-state index in [9.17, 15) is 17.6 Å². The fraction of sp³-hybridized carbons (Fsp3) is 0.462. The van der Waals surface area contributed by atoms with Gasteiger partial charge in [0.2, 0.25) is 0 Å². The van der Waals surface area contributed by atoms with Crippen LogP contribution in [0.1, 0.15) is 36.5 Å². The van der Waals surface area contributed by atoms with Gasteiger partial charge in [0.15, 0.2) is 0 Å². The molecule has 1 fully saturated rings. The van der Waals surface area contributed by atoms with E-state index < -0.39 is 19.8 Å². The molecule has 110 valence electrons. The van der Waals surface area contributed by atoms with Gasteiger partial charge in [0.25, 0.3) is 15.0 Å². The maximum atomic E-state index is 13.5. The summed E-state index contributed by atoms with van der Waals surface area (Å²) in [4.78, 5) is 13.6. The Bertz CT molecular complexity index is 633. The fourth-order valence-electron chi connectivity index (χ4n) is 2.39. The van der Waals surface area contributed by atoms with Crippen LogP contribution in [0.3, 0.4) is 0 Å². The van der Waals surface area contributed by atoms with Gasteiger partial charge in [-0.1, -0.05) is 0 Å². The number of nitrogens with zero attached hydrogens (tertiary/aromatic N) is 1. The second kappa shape index (κ2) is 5.69. The van der Waals surface area contributed by atoms with Gasteiger partial charge in [-0.25, -0.2) is 12.8 Å². The number of rotatable bonds is 2. The van der Waals surface area contributed by atoms with Gasteiger partial charge in [-0.15, -0.1) is 0 Å².